The summed E-state index contributed by atoms with van der Waals surface area (Å²) in [6.07, 6.45) is 2.08. The van der Waals surface area contributed by atoms with Crippen molar-refractivity contribution in [1.82, 2.24) is 10.6 Å². The molecule has 1 aliphatic carbocycles. The Bertz CT molecular complexity index is 454. The molecule has 0 aromatic carbocycles. The van der Waals surface area contributed by atoms with Crippen LogP contribution in [0, 0.1) is 5.41 Å². The van der Waals surface area contributed by atoms with Crippen molar-refractivity contribution in [3.8, 4) is 0 Å². The van der Waals surface area contributed by atoms with Crippen molar-refractivity contribution in [3.63, 3.8) is 0 Å². The molecule has 1 aromatic heterocycles. The van der Waals surface area contributed by atoms with Crippen molar-refractivity contribution in [2.24, 2.45) is 5.41 Å². The lowest BCUT2D eigenvalue weighted by molar-refractivity contribution is -0.143. The van der Waals surface area contributed by atoms with Crippen LogP contribution in [0.5, 0.6) is 0 Å². The van der Waals surface area contributed by atoms with Crippen LogP contribution < -0.4 is 10.6 Å². The number of hydrogen-bond donors (Lipinski definition) is 3. The average molecular weight is 282 g/mol. The van der Waals surface area contributed by atoms with E-state index >= 15 is 0 Å². The molecule has 0 spiro atoms. The Morgan fingerprint density at radius 3 is 2.79 bits per heavy atom. The zero-order chi connectivity index (χ0) is 13.9. The highest BCUT2D eigenvalue weighted by Gasteiger charge is 2.50. The van der Waals surface area contributed by atoms with E-state index < -0.39 is 11.4 Å². The molecule has 1 heterocycles. The maximum Gasteiger partial charge on any atom is 0.315 e. The van der Waals surface area contributed by atoms with Gasteiger partial charge < -0.3 is 15.7 Å². The molecule has 104 valence electrons. The lowest BCUT2D eigenvalue weighted by Gasteiger charge is -2.16. The van der Waals surface area contributed by atoms with Crippen LogP contribution in [0.15, 0.2) is 17.5 Å². The molecule has 1 unspecified atom stereocenters. The predicted molar refractivity (Wildman–Crippen MR) is 73.3 cm³/mol. The molecule has 0 radical (unpaired) electrons. The van der Waals surface area contributed by atoms with E-state index in [0.29, 0.717) is 12.8 Å². The Hall–Kier alpha value is -1.56. The number of carbonyl (C=O) groups is 2. The maximum atomic E-state index is 11.7. The highest BCUT2D eigenvalue weighted by atomic mass is 32.1. The maximum absolute atomic E-state index is 11.7. The summed E-state index contributed by atoms with van der Waals surface area (Å²) in [5.41, 5.74) is -0.714. The summed E-state index contributed by atoms with van der Waals surface area (Å²) in [4.78, 5) is 23.8. The average Bonchev–Trinajstić information content (AvgIpc) is 2.98. The van der Waals surface area contributed by atoms with Gasteiger partial charge in [0.25, 0.3) is 0 Å². The van der Waals surface area contributed by atoms with E-state index in [1.165, 1.54) is 4.88 Å². The van der Waals surface area contributed by atoms with Crippen LogP contribution in [0.25, 0.3) is 0 Å². The summed E-state index contributed by atoms with van der Waals surface area (Å²) in [6, 6.07) is 3.75. The molecule has 1 aromatic rings. The van der Waals surface area contributed by atoms with Crippen LogP contribution in [0.4, 0.5) is 4.79 Å². The number of aliphatic carboxylic acids is 1. The van der Waals surface area contributed by atoms with E-state index in [2.05, 4.69) is 10.6 Å². The van der Waals surface area contributed by atoms with Crippen LogP contribution in [0.3, 0.4) is 0 Å². The fourth-order valence-electron chi connectivity index (χ4n) is 1.92. The summed E-state index contributed by atoms with van der Waals surface area (Å²) in [5.74, 6) is -0.820. The molecular weight excluding hydrogens is 264 g/mol. The third-order valence-corrected chi connectivity index (χ3v) is 4.26. The Morgan fingerprint density at radius 1 is 1.53 bits per heavy atom. The van der Waals surface area contributed by atoms with Crippen molar-refractivity contribution in [1.29, 1.82) is 0 Å². The molecule has 0 bridgehead atoms. The summed E-state index contributed by atoms with van der Waals surface area (Å²) in [7, 11) is 0. The molecule has 6 heteroatoms. The summed E-state index contributed by atoms with van der Waals surface area (Å²) in [5, 5.41) is 16.5. The zero-order valence-electron chi connectivity index (χ0n) is 10.8. The Labute approximate surface area is 116 Å². The SMILES string of the molecule is CC(Cc1cccs1)NC(=O)NCC1(C(=O)O)CC1. The first-order valence-electron chi connectivity index (χ1n) is 6.32. The van der Waals surface area contributed by atoms with Crippen LogP contribution in [0.2, 0.25) is 0 Å². The van der Waals surface area contributed by atoms with E-state index in [9.17, 15) is 9.59 Å². The van der Waals surface area contributed by atoms with E-state index in [1.807, 2.05) is 24.4 Å². The van der Waals surface area contributed by atoms with Crippen molar-refractivity contribution in [2.45, 2.75) is 32.2 Å². The number of carbonyl (C=O) groups excluding carboxylic acids is 1. The fourth-order valence-corrected chi connectivity index (χ4v) is 2.76. The number of rotatable bonds is 6. The van der Waals surface area contributed by atoms with Gasteiger partial charge in [0.1, 0.15) is 0 Å². The van der Waals surface area contributed by atoms with Gasteiger partial charge in [-0.2, -0.15) is 0 Å². The summed E-state index contributed by atoms with van der Waals surface area (Å²) in [6.45, 7) is 2.14. The molecule has 2 rings (SSSR count). The minimum atomic E-state index is -0.820. The van der Waals surface area contributed by atoms with Crippen LogP contribution in [0.1, 0.15) is 24.6 Å². The fraction of sp³-hybridized carbons (Fsp3) is 0.538. The van der Waals surface area contributed by atoms with Gasteiger partial charge in [0.05, 0.1) is 5.41 Å². The largest absolute Gasteiger partial charge is 0.481 e. The quantitative estimate of drug-likeness (QED) is 0.745. The Morgan fingerprint density at radius 2 is 2.26 bits per heavy atom. The van der Waals surface area contributed by atoms with Crippen molar-refractivity contribution < 1.29 is 14.7 Å². The molecule has 1 saturated carbocycles. The first-order chi connectivity index (χ1) is 9.02. The molecule has 3 N–H and O–H groups in total. The minimum Gasteiger partial charge on any atom is -0.481 e. The lowest BCUT2D eigenvalue weighted by atomic mass is 10.1. The number of urea groups is 1. The number of amides is 2. The van der Waals surface area contributed by atoms with Crippen LogP contribution >= 0.6 is 11.3 Å². The molecule has 2 amide bonds. The van der Waals surface area contributed by atoms with E-state index in [1.54, 1.807) is 11.3 Å². The van der Waals surface area contributed by atoms with Crippen LogP contribution in [-0.2, 0) is 11.2 Å². The van der Waals surface area contributed by atoms with Gasteiger partial charge in [0.2, 0.25) is 0 Å². The van der Waals surface area contributed by atoms with Crippen molar-refractivity contribution >= 4 is 23.3 Å². The normalized spacial score (nSPS) is 17.5. The lowest BCUT2D eigenvalue weighted by Crippen LogP contribution is -2.44. The zero-order valence-corrected chi connectivity index (χ0v) is 11.6. The van der Waals surface area contributed by atoms with E-state index in [0.717, 1.165) is 6.42 Å². The number of thiophene rings is 1. The molecule has 5 nitrogen and oxygen atoms in total. The molecular formula is C13H18N2O3S. The molecule has 1 aliphatic rings. The van der Waals surface area contributed by atoms with Gasteiger partial charge in [-0.3, -0.25) is 4.79 Å². The second-order valence-corrected chi connectivity index (χ2v) is 6.13. The standard InChI is InChI=1S/C13H18N2O3S/c1-9(7-10-3-2-6-19-10)15-12(18)14-8-13(4-5-13)11(16)17/h2-3,6,9H,4-5,7-8H2,1H3,(H,16,17)(H2,14,15,18). The topological polar surface area (TPSA) is 78.4 Å². The van der Waals surface area contributed by atoms with Gasteiger partial charge in [-0.1, -0.05) is 6.07 Å². The summed E-state index contributed by atoms with van der Waals surface area (Å²) < 4.78 is 0. The number of carboxylic acids is 1. The Balaban J connectivity index is 1.71. The van der Waals surface area contributed by atoms with Gasteiger partial charge in [0, 0.05) is 23.9 Å². The molecule has 0 aliphatic heterocycles. The first kappa shape index (κ1) is 13.9. The number of nitrogens with one attached hydrogen (secondary N) is 2. The van der Waals surface area contributed by atoms with Crippen molar-refractivity contribution in [3.05, 3.63) is 22.4 Å². The third kappa shape index (κ3) is 3.70. The molecule has 1 fully saturated rings. The van der Waals surface area contributed by atoms with Gasteiger partial charge in [0.15, 0.2) is 0 Å². The minimum absolute atomic E-state index is 0.0265. The Kier molecular flexibility index (Phi) is 4.09. The predicted octanol–water partition coefficient (Wildman–Crippen LogP) is 1.84. The number of carboxylic acid groups (broad SMARTS) is 1. The van der Waals surface area contributed by atoms with Crippen LogP contribution in [-0.4, -0.2) is 29.7 Å². The van der Waals surface area contributed by atoms with Gasteiger partial charge in [-0.15, -0.1) is 11.3 Å². The van der Waals surface area contributed by atoms with Gasteiger partial charge >= 0.3 is 12.0 Å². The van der Waals surface area contributed by atoms with Gasteiger partial charge in [-0.25, -0.2) is 4.79 Å². The first-order valence-corrected chi connectivity index (χ1v) is 7.20. The van der Waals surface area contributed by atoms with Gasteiger partial charge in [-0.05, 0) is 31.2 Å². The second-order valence-electron chi connectivity index (χ2n) is 5.10. The van der Waals surface area contributed by atoms with E-state index in [-0.39, 0.29) is 18.6 Å². The second kappa shape index (κ2) is 5.61. The smallest absolute Gasteiger partial charge is 0.315 e. The number of hydrogen-bond acceptors (Lipinski definition) is 3. The monoisotopic (exact) mass is 282 g/mol. The van der Waals surface area contributed by atoms with Crippen molar-refractivity contribution in [2.75, 3.05) is 6.54 Å². The highest BCUT2D eigenvalue weighted by molar-refractivity contribution is 7.09. The summed E-state index contributed by atoms with van der Waals surface area (Å²) >= 11 is 1.66. The highest BCUT2D eigenvalue weighted by Crippen LogP contribution is 2.45. The molecule has 1 atom stereocenters. The molecule has 0 saturated heterocycles. The molecule has 19 heavy (non-hydrogen) atoms. The third-order valence-electron chi connectivity index (χ3n) is 3.36. The van der Waals surface area contributed by atoms with E-state index in [4.69, 9.17) is 5.11 Å².